The number of aryl methyl sites for hydroxylation is 1. The highest BCUT2D eigenvalue weighted by Gasteiger charge is 2.16. The van der Waals surface area contributed by atoms with Crippen LogP contribution in [0.4, 0.5) is 0 Å². The van der Waals surface area contributed by atoms with Crippen molar-refractivity contribution in [3.8, 4) is 0 Å². The fourth-order valence-corrected chi connectivity index (χ4v) is 3.13. The molecule has 0 aromatic heterocycles. The van der Waals surface area contributed by atoms with Crippen LogP contribution in [-0.2, 0) is 28.8 Å². The first kappa shape index (κ1) is 17.3. The predicted molar refractivity (Wildman–Crippen MR) is 96.8 cm³/mol. The van der Waals surface area contributed by atoms with Gasteiger partial charge in [0.15, 0.2) is 0 Å². The zero-order chi connectivity index (χ0) is 17.0. The maximum absolute atomic E-state index is 11.8. The Labute approximate surface area is 139 Å². The number of hydrogen-bond donors (Lipinski definition) is 0. The molecule has 0 heterocycles. The molecule has 23 heavy (non-hydrogen) atoms. The highest BCUT2D eigenvalue weighted by Crippen LogP contribution is 2.29. The van der Waals surface area contributed by atoms with E-state index in [9.17, 15) is 4.79 Å². The third-order valence-corrected chi connectivity index (χ3v) is 4.25. The van der Waals surface area contributed by atoms with Gasteiger partial charge in [-0.3, -0.25) is 0 Å². The number of esters is 1. The monoisotopic (exact) mass is 310 g/mol. The van der Waals surface area contributed by atoms with Crippen molar-refractivity contribution < 1.29 is 9.53 Å². The first-order chi connectivity index (χ1) is 11.0. The number of rotatable bonds is 6. The Morgan fingerprint density at radius 3 is 2.48 bits per heavy atom. The summed E-state index contributed by atoms with van der Waals surface area (Å²) in [6, 6.07) is 10.8. The largest absolute Gasteiger partial charge is 0.459 e. The minimum Gasteiger partial charge on any atom is -0.459 e. The second kappa shape index (κ2) is 7.45. The molecule has 2 nitrogen and oxygen atoms in total. The predicted octanol–water partition coefficient (Wildman–Crippen LogP) is 5.01. The van der Waals surface area contributed by atoms with Crippen molar-refractivity contribution in [1.29, 1.82) is 0 Å². The van der Waals surface area contributed by atoms with Crippen LogP contribution in [0.3, 0.4) is 0 Å². The molecule has 0 spiro atoms. The van der Waals surface area contributed by atoms with Gasteiger partial charge in [0.05, 0.1) is 0 Å². The Morgan fingerprint density at radius 2 is 1.87 bits per heavy atom. The molecule has 0 aliphatic carbocycles. The van der Waals surface area contributed by atoms with Crippen molar-refractivity contribution >= 4 is 16.7 Å². The van der Waals surface area contributed by atoms with Crippen LogP contribution in [0.1, 0.15) is 44.4 Å². The van der Waals surface area contributed by atoms with Gasteiger partial charge in [0.1, 0.15) is 6.10 Å². The lowest BCUT2D eigenvalue weighted by Gasteiger charge is -2.20. The fourth-order valence-electron chi connectivity index (χ4n) is 3.13. The van der Waals surface area contributed by atoms with Crippen molar-refractivity contribution in [3.05, 3.63) is 59.2 Å². The third-order valence-electron chi connectivity index (χ3n) is 4.25. The number of ether oxygens (including phenoxy) is 1. The Morgan fingerprint density at radius 1 is 1.17 bits per heavy atom. The average Bonchev–Trinajstić information content (AvgIpc) is 2.54. The molecule has 0 bridgehead atoms. The summed E-state index contributed by atoms with van der Waals surface area (Å²) in [6.45, 7) is 11.7. The number of benzene rings is 2. The van der Waals surface area contributed by atoms with Gasteiger partial charge >= 0.3 is 5.97 Å². The highest BCUT2D eigenvalue weighted by atomic mass is 16.5. The number of fused-ring (bicyclic) bond motifs is 1. The molecular formula is C21H26O2. The first-order valence-corrected chi connectivity index (χ1v) is 8.36. The van der Waals surface area contributed by atoms with Crippen LogP contribution in [0, 0.1) is 0 Å². The molecule has 0 N–H and O–H groups in total. The SMILES string of the molecule is C=C(C)C(=O)OC(C)Cc1c(CC)c(CC)cc2ccccc12. The Kier molecular flexibility index (Phi) is 5.59. The standard InChI is InChI=1S/C21H26O2/c1-6-16-13-17-10-8-9-11-19(17)20(18(16)7-2)12-15(5)23-21(22)14(3)4/h8-11,13,15H,3,6-7,12H2,1-2,4-5H3. The fraction of sp³-hybridized carbons (Fsp3) is 0.381. The number of hydrogen-bond acceptors (Lipinski definition) is 2. The average molecular weight is 310 g/mol. The van der Waals surface area contributed by atoms with Crippen LogP contribution < -0.4 is 0 Å². The molecule has 0 fully saturated rings. The molecule has 0 radical (unpaired) electrons. The van der Waals surface area contributed by atoms with Gasteiger partial charge in [0.2, 0.25) is 0 Å². The van der Waals surface area contributed by atoms with E-state index in [0.717, 1.165) is 19.3 Å². The first-order valence-electron chi connectivity index (χ1n) is 8.36. The molecular weight excluding hydrogens is 284 g/mol. The van der Waals surface area contributed by atoms with E-state index in [1.54, 1.807) is 6.92 Å². The molecule has 0 saturated carbocycles. The van der Waals surface area contributed by atoms with Crippen LogP contribution in [-0.4, -0.2) is 12.1 Å². The van der Waals surface area contributed by atoms with E-state index in [2.05, 4.69) is 50.8 Å². The highest BCUT2D eigenvalue weighted by molar-refractivity contribution is 5.88. The summed E-state index contributed by atoms with van der Waals surface area (Å²) in [5.74, 6) is -0.313. The third kappa shape index (κ3) is 3.82. The summed E-state index contributed by atoms with van der Waals surface area (Å²) in [5, 5.41) is 2.52. The zero-order valence-electron chi connectivity index (χ0n) is 14.6. The molecule has 0 saturated heterocycles. The maximum Gasteiger partial charge on any atom is 0.333 e. The molecule has 2 heteroatoms. The van der Waals surface area contributed by atoms with E-state index in [0.29, 0.717) is 5.57 Å². The molecule has 122 valence electrons. The van der Waals surface area contributed by atoms with E-state index in [4.69, 9.17) is 4.74 Å². The van der Waals surface area contributed by atoms with Crippen LogP contribution >= 0.6 is 0 Å². The van der Waals surface area contributed by atoms with Gasteiger partial charge in [-0.25, -0.2) is 4.79 Å². The number of carbonyl (C=O) groups is 1. The van der Waals surface area contributed by atoms with Crippen LogP contribution in [0.15, 0.2) is 42.5 Å². The van der Waals surface area contributed by atoms with E-state index in [-0.39, 0.29) is 12.1 Å². The molecule has 2 aromatic carbocycles. The lowest BCUT2D eigenvalue weighted by molar-refractivity contribution is -0.143. The topological polar surface area (TPSA) is 26.3 Å². The molecule has 0 aliphatic heterocycles. The van der Waals surface area contributed by atoms with Gasteiger partial charge in [-0.2, -0.15) is 0 Å². The summed E-state index contributed by atoms with van der Waals surface area (Å²) >= 11 is 0. The Bertz CT molecular complexity index is 728. The minimum atomic E-state index is -0.313. The Balaban J connectivity index is 2.45. The molecule has 1 atom stereocenters. The summed E-state index contributed by atoms with van der Waals surface area (Å²) in [7, 11) is 0. The van der Waals surface area contributed by atoms with Gasteiger partial charge in [0, 0.05) is 12.0 Å². The molecule has 0 aliphatic rings. The summed E-state index contributed by atoms with van der Waals surface area (Å²) < 4.78 is 5.50. The van der Waals surface area contributed by atoms with Crippen LogP contribution in [0.5, 0.6) is 0 Å². The number of carbonyl (C=O) groups excluding carboxylic acids is 1. The van der Waals surface area contributed by atoms with Crippen LogP contribution in [0.25, 0.3) is 10.8 Å². The Hall–Kier alpha value is -2.09. The van der Waals surface area contributed by atoms with E-state index >= 15 is 0 Å². The molecule has 2 aromatic rings. The van der Waals surface area contributed by atoms with Crippen molar-refractivity contribution in [2.24, 2.45) is 0 Å². The van der Waals surface area contributed by atoms with Gasteiger partial charge in [0.25, 0.3) is 0 Å². The van der Waals surface area contributed by atoms with Crippen molar-refractivity contribution in [2.45, 2.75) is 53.1 Å². The lowest BCUT2D eigenvalue weighted by Crippen LogP contribution is -2.19. The maximum atomic E-state index is 11.8. The molecule has 1 unspecified atom stereocenters. The van der Waals surface area contributed by atoms with Gasteiger partial charge in [-0.1, -0.05) is 50.8 Å². The quantitative estimate of drug-likeness (QED) is 0.553. The summed E-state index contributed by atoms with van der Waals surface area (Å²) in [4.78, 5) is 11.8. The van der Waals surface area contributed by atoms with Crippen molar-refractivity contribution in [3.63, 3.8) is 0 Å². The van der Waals surface area contributed by atoms with Gasteiger partial charge in [-0.05, 0) is 54.2 Å². The normalized spacial score (nSPS) is 12.2. The minimum absolute atomic E-state index is 0.167. The second-order valence-electron chi connectivity index (χ2n) is 6.12. The van der Waals surface area contributed by atoms with Gasteiger partial charge in [-0.15, -0.1) is 0 Å². The van der Waals surface area contributed by atoms with E-state index < -0.39 is 0 Å². The molecule has 2 rings (SSSR count). The second-order valence-corrected chi connectivity index (χ2v) is 6.12. The van der Waals surface area contributed by atoms with Crippen molar-refractivity contribution in [1.82, 2.24) is 0 Å². The zero-order valence-corrected chi connectivity index (χ0v) is 14.6. The van der Waals surface area contributed by atoms with E-state index in [1.807, 2.05) is 6.92 Å². The smallest absolute Gasteiger partial charge is 0.333 e. The summed E-state index contributed by atoms with van der Waals surface area (Å²) in [6.07, 6.45) is 2.57. The molecule has 0 amide bonds. The summed E-state index contributed by atoms with van der Waals surface area (Å²) in [5.41, 5.74) is 4.54. The van der Waals surface area contributed by atoms with Crippen LogP contribution in [0.2, 0.25) is 0 Å². The van der Waals surface area contributed by atoms with Gasteiger partial charge < -0.3 is 4.74 Å². The lowest BCUT2D eigenvalue weighted by atomic mass is 9.89. The van der Waals surface area contributed by atoms with Crippen molar-refractivity contribution in [2.75, 3.05) is 0 Å². The van der Waals surface area contributed by atoms with E-state index in [1.165, 1.54) is 27.5 Å².